The topological polar surface area (TPSA) is 102 Å². The predicted molar refractivity (Wildman–Crippen MR) is 111 cm³/mol. The summed E-state index contributed by atoms with van der Waals surface area (Å²) >= 11 is 0. The van der Waals surface area contributed by atoms with Crippen LogP contribution in [0.5, 0.6) is 0 Å². The van der Waals surface area contributed by atoms with Crippen LogP contribution in [0.1, 0.15) is 10.5 Å². The molecule has 9 heteroatoms. The molecule has 0 bridgehead atoms. The van der Waals surface area contributed by atoms with E-state index >= 15 is 0 Å². The molecule has 1 aromatic carbocycles. The molecule has 0 aliphatic carbocycles. The number of rotatable bonds is 6. The smallest absolute Gasteiger partial charge is 0.270 e. The second-order valence-corrected chi connectivity index (χ2v) is 6.79. The number of benzene rings is 1. The van der Waals surface area contributed by atoms with Crippen LogP contribution in [0.25, 0.3) is 11.3 Å². The van der Waals surface area contributed by atoms with Crippen LogP contribution >= 0.6 is 0 Å². The number of amides is 1. The molecule has 0 radical (unpaired) electrons. The van der Waals surface area contributed by atoms with Crippen molar-refractivity contribution < 1.29 is 9.53 Å². The summed E-state index contributed by atoms with van der Waals surface area (Å²) in [6.07, 6.45) is 2.88. The quantitative estimate of drug-likeness (QED) is 0.651. The van der Waals surface area contributed by atoms with Gasteiger partial charge in [0.15, 0.2) is 0 Å². The third-order valence-corrected chi connectivity index (χ3v) is 4.81. The van der Waals surface area contributed by atoms with Gasteiger partial charge in [0, 0.05) is 43.9 Å². The second kappa shape index (κ2) is 9.27. The molecule has 0 saturated carbocycles. The summed E-state index contributed by atoms with van der Waals surface area (Å²) in [5, 5.41) is 2.79. The minimum atomic E-state index is -0.311. The molecule has 154 valence electrons. The van der Waals surface area contributed by atoms with E-state index in [2.05, 4.69) is 25.2 Å². The maximum atomic E-state index is 12.4. The van der Waals surface area contributed by atoms with Crippen LogP contribution in [0.2, 0.25) is 0 Å². The van der Waals surface area contributed by atoms with E-state index in [4.69, 9.17) is 4.74 Å². The molecule has 1 aliphatic heterocycles. The van der Waals surface area contributed by atoms with Crippen LogP contribution in [-0.4, -0.2) is 58.3 Å². The standard InChI is InChI=1S/C21H22N6O3/c28-20-13-17(16-4-2-1-3-5-16)25-15-27(20)7-6-22-21(29)18-12-19(24-14-23-18)26-8-10-30-11-9-26/h1-5,12-15H,6-11H2,(H,22,29). The molecule has 0 spiro atoms. The first kappa shape index (κ1) is 19.7. The van der Waals surface area contributed by atoms with E-state index in [1.54, 1.807) is 6.07 Å². The van der Waals surface area contributed by atoms with Gasteiger partial charge in [-0.15, -0.1) is 0 Å². The molecule has 1 saturated heterocycles. The number of anilines is 1. The van der Waals surface area contributed by atoms with Gasteiger partial charge in [0.25, 0.3) is 11.5 Å². The van der Waals surface area contributed by atoms with E-state index in [0.29, 0.717) is 31.3 Å². The molecule has 2 aromatic heterocycles. The molecule has 0 atom stereocenters. The lowest BCUT2D eigenvalue weighted by atomic mass is 10.1. The Balaban J connectivity index is 1.35. The van der Waals surface area contributed by atoms with Gasteiger partial charge in [0.05, 0.1) is 25.2 Å². The zero-order valence-corrected chi connectivity index (χ0v) is 16.4. The second-order valence-electron chi connectivity index (χ2n) is 6.79. The Labute approximate surface area is 173 Å². The van der Waals surface area contributed by atoms with E-state index in [1.807, 2.05) is 30.3 Å². The maximum absolute atomic E-state index is 12.4. The van der Waals surface area contributed by atoms with Crippen molar-refractivity contribution in [2.45, 2.75) is 6.54 Å². The fraction of sp³-hybridized carbons (Fsp3) is 0.286. The summed E-state index contributed by atoms with van der Waals surface area (Å²) in [6, 6.07) is 12.7. The molecule has 1 aliphatic rings. The number of hydrogen-bond acceptors (Lipinski definition) is 7. The number of hydrogen-bond donors (Lipinski definition) is 1. The van der Waals surface area contributed by atoms with Gasteiger partial charge in [-0.3, -0.25) is 14.2 Å². The van der Waals surface area contributed by atoms with Gasteiger partial charge in [0.1, 0.15) is 17.8 Å². The van der Waals surface area contributed by atoms with Crippen molar-refractivity contribution in [2.24, 2.45) is 0 Å². The summed E-state index contributed by atoms with van der Waals surface area (Å²) in [5.74, 6) is 0.393. The van der Waals surface area contributed by atoms with Gasteiger partial charge in [-0.05, 0) is 0 Å². The summed E-state index contributed by atoms with van der Waals surface area (Å²) in [4.78, 5) is 39.5. The van der Waals surface area contributed by atoms with E-state index in [-0.39, 0.29) is 23.7 Å². The lowest BCUT2D eigenvalue weighted by molar-refractivity contribution is 0.0947. The first-order valence-electron chi connectivity index (χ1n) is 9.75. The van der Waals surface area contributed by atoms with Crippen molar-refractivity contribution in [3.63, 3.8) is 0 Å². The largest absolute Gasteiger partial charge is 0.378 e. The fourth-order valence-corrected chi connectivity index (χ4v) is 3.18. The van der Waals surface area contributed by atoms with E-state index in [9.17, 15) is 9.59 Å². The molecule has 30 heavy (non-hydrogen) atoms. The summed E-state index contributed by atoms with van der Waals surface area (Å²) in [5.41, 5.74) is 1.62. The highest BCUT2D eigenvalue weighted by molar-refractivity contribution is 5.92. The number of morpholine rings is 1. The van der Waals surface area contributed by atoms with Gasteiger partial charge in [-0.25, -0.2) is 15.0 Å². The van der Waals surface area contributed by atoms with Crippen LogP contribution in [0, 0.1) is 0 Å². The number of ether oxygens (including phenoxy) is 1. The molecule has 9 nitrogen and oxygen atoms in total. The van der Waals surface area contributed by atoms with Crippen molar-refractivity contribution in [3.8, 4) is 11.3 Å². The van der Waals surface area contributed by atoms with Crippen LogP contribution in [0.3, 0.4) is 0 Å². The number of nitrogens with zero attached hydrogens (tertiary/aromatic N) is 5. The lowest BCUT2D eigenvalue weighted by Gasteiger charge is -2.27. The Kier molecular flexibility index (Phi) is 6.09. The normalized spacial score (nSPS) is 13.8. The Bertz CT molecular complexity index is 1060. The average Bonchev–Trinajstić information content (AvgIpc) is 2.81. The molecule has 0 unspecified atom stereocenters. The van der Waals surface area contributed by atoms with Gasteiger partial charge >= 0.3 is 0 Å². The highest BCUT2D eigenvalue weighted by atomic mass is 16.5. The molecule has 3 aromatic rings. The minimum absolute atomic E-state index is 0.172. The van der Waals surface area contributed by atoms with E-state index < -0.39 is 0 Å². The first-order valence-corrected chi connectivity index (χ1v) is 9.75. The van der Waals surface area contributed by atoms with Crippen LogP contribution < -0.4 is 15.8 Å². The minimum Gasteiger partial charge on any atom is -0.378 e. The Morgan fingerprint density at radius 2 is 1.87 bits per heavy atom. The van der Waals surface area contributed by atoms with Crippen LogP contribution in [0.4, 0.5) is 5.82 Å². The van der Waals surface area contributed by atoms with Crippen molar-refractivity contribution in [3.05, 3.63) is 71.2 Å². The molecule has 1 amide bonds. The Morgan fingerprint density at radius 3 is 2.63 bits per heavy atom. The Hall–Kier alpha value is -3.59. The predicted octanol–water partition coefficient (Wildman–Crippen LogP) is 0.967. The zero-order valence-electron chi connectivity index (χ0n) is 16.4. The Morgan fingerprint density at radius 1 is 1.07 bits per heavy atom. The van der Waals surface area contributed by atoms with E-state index in [0.717, 1.165) is 18.7 Å². The summed E-state index contributed by atoms with van der Waals surface area (Å²) in [6.45, 7) is 3.32. The summed E-state index contributed by atoms with van der Waals surface area (Å²) in [7, 11) is 0. The van der Waals surface area contributed by atoms with Crippen LogP contribution in [-0.2, 0) is 11.3 Å². The molecular formula is C21H22N6O3. The van der Waals surface area contributed by atoms with Gasteiger partial charge in [-0.2, -0.15) is 0 Å². The maximum Gasteiger partial charge on any atom is 0.270 e. The molecular weight excluding hydrogens is 384 g/mol. The van der Waals surface area contributed by atoms with Gasteiger partial charge in [0.2, 0.25) is 0 Å². The van der Waals surface area contributed by atoms with Gasteiger partial charge < -0.3 is 15.0 Å². The molecule has 1 fully saturated rings. The zero-order chi connectivity index (χ0) is 20.8. The fourth-order valence-electron chi connectivity index (χ4n) is 3.18. The molecule has 1 N–H and O–H groups in total. The third kappa shape index (κ3) is 4.69. The van der Waals surface area contributed by atoms with E-state index in [1.165, 1.54) is 23.3 Å². The summed E-state index contributed by atoms with van der Waals surface area (Å²) < 4.78 is 6.80. The van der Waals surface area contributed by atoms with Crippen molar-refractivity contribution in [1.29, 1.82) is 0 Å². The molecule has 3 heterocycles. The SMILES string of the molecule is O=C(NCCn1cnc(-c2ccccc2)cc1=O)c1cc(N2CCOCC2)ncn1. The monoisotopic (exact) mass is 406 g/mol. The lowest BCUT2D eigenvalue weighted by Crippen LogP contribution is -2.37. The number of aromatic nitrogens is 4. The highest BCUT2D eigenvalue weighted by Gasteiger charge is 2.15. The average molecular weight is 406 g/mol. The number of carbonyl (C=O) groups excluding carboxylic acids is 1. The van der Waals surface area contributed by atoms with Gasteiger partial charge in [-0.1, -0.05) is 30.3 Å². The van der Waals surface area contributed by atoms with Crippen molar-refractivity contribution >= 4 is 11.7 Å². The number of nitrogens with one attached hydrogen (secondary N) is 1. The van der Waals surface area contributed by atoms with Crippen molar-refractivity contribution in [1.82, 2.24) is 24.8 Å². The van der Waals surface area contributed by atoms with Crippen LogP contribution in [0.15, 0.2) is 59.9 Å². The number of carbonyl (C=O) groups is 1. The molecule has 4 rings (SSSR count). The first-order chi connectivity index (χ1) is 14.7. The van der Waals surface area contributed by atoms with Crippen molar-refractivity contribution in [2.75, 3.05) is 37.7 Å². The highest BCUT2D eigenvalue weighted by Crippen LogP contribution is 2.14. The third-order valence-electron chi connectivity index (χ3n) is 4.81.